The number of sulfonamides is 1. The van der Waals surface area contributed by atoms with Crippen LogP contribution in [0.4, 0.5) is 5.69 Å². The summed E-state index contributed by atoms with van der Waals surface area (Å²) in [5.41, 5.74) is 1.58. The molecule has 1 unspecified atom stereocenters. The molecule has 0 aliphatic rings. The van der Waals surface area contributed by atoms with Gasteiger partial charge in [-0.15, -0.1) is 0 Å². The number of benzene rings is 2. The fourth-order valence-corrected chi connectivity index (χ4v) is 5.14. The largest absolute Gasteiger partial charge is 0.350 e. The monoisotopic (exact) mass is 599 g/mol. The molecule has 198 valence electrons. The third-order valence-corrected chi connectivity index (χ3v) is 7.71. The fraction of sp³-hybridized carbons (Fsp3) is 0.462. The van der Waals surface area contributed by atoms with Crippen molar-refractivity contribution in [3.05, 3.63) is 63.1 Å². The van der Waals surface area contributed by atoms with Gasteiger partial charge in [0.2, 0.25) is 21.8 Å². The zero-order valence-corrected chi connectivity index (χ0v) is 24.8. The van der Waals surface area contributed by atoms with Crippen molar-refractivity contribution in [2.45, 2.75) is 65.6 Å². The minimum atomic E-state index is -3.60. The Bertz CT molecular complexity index is 1180. The predicted octanol–water partition coefficient (Wildman–Crippen LogP) is 5.29. The summed E-state index contributed by atoms with van der Waals surface area (Å²) in [5, 5.41) is 3.41. The highest BCUT2D eigenvalue weighted by atomic mass is 79.9. The molecule has 0 bridgehead atoms. The van der Waals surface area contributed by atoms with Crippen LogP contribution in [0.15, 0.2) is 46.9 Å². The highest BCUT2D eigenvalue weighted by Crippen LogP contribution is 2.28. The van der Waals surface area contributed by atoms with Crippen LogP contribution in [0.2, 0.25) is 5.02 Å². The first-order valence-electron chi connectivity index (χ1n) is 11.7. The van der Waals surface area contributed by atoms with Gasteiger partial charge in [0, 0.05) is 34.5 Å². The van der Waals surface area contributed by atoms with Crippen LogP contribution in [0.5, 0.6) is 0 Å². The van der Waals surface area contributed by atoms with Gasteiger partial charge in [-0.1, -0.05) is 45.7 Å². The normalized spacial score (nSPS) is 12.7. The summed E-state index contributed by atoms with van der Waals surface area (Å²) in [7, 11) is -3.60. The van der Waals surface area contributed by atoms with E-state index in [0.29, 0.717) is 16.3 Å². The van der Waals surface area contributed by atoms with Gasteiger partial charge < -0.3 is 10.2 Å². The van der Waals surface area contributed by atoms with E-state index in [4.69, 9.17) is 11.6 Å². The Morgan fingerprint density at radius 2 is 1.72 bits per heavy atom. The number of carbonyl (C=O) groups excluding carboxylic acids is 2. The van der Waals surface area contributed by atoms with E-state index in [1.54, 1.807) is 36.9 Å². The van der Waals surface area contributed by atoms with Gasteiger partial charge in [-0.25, -0.2) is 8.42 Å². The molecule has 2 rings (SSSR count). The van der Waals surface area contributed by atoms with E-state index in [9.17, 15) is 18.0 Å². The summed E-state index contributed by atoms with van der Waals surface area (Å²) >= 11 is 9.62. The molecule has 0 saturated carbocycles. The molecule has 2 amide bonds. The van der Waals surface area contributed by atoms with Crippen LogP contribution < -0.4 is 9.62 Å². The number of hydrogen-bond acceptors (Lipinski definition) is 4. The molecular formula is C26H35BrClN3O4S. The van der Waals surface area contributed by atoms with Gasteiger partial charge in [0.25, 0.3) is 0 Å². The lowest BCUT2D eigenvalue weighted by Gasteiger charge is -2.32. The number of hydrogen-bond donors (Lipinski definition) is 1. The Kier molecular flexibility index (Phi) is 10.4. The van der Waals surface area contributed by atoms with Crippen LogP contribution >= 0.6 is 27.5 Å². The van der Waals surface area contributed by atoms with Gasteiger partial charge in [0.15, 0.2) is 0 Å². The Labute approximate surface area is 228 Å². The van der Waals surface area contributed by atoms with Crippen LogP contribution in [-0.2, 0) is 26.2 Å². The number of carbonyl (C=O) groups is 2. The molecule has 0 heterocycles. The maximum atomic E-state index is 13.4. The quantitative estimate of drug-likeness (QED) is 0.402. The van der Waals surface area contributed by atoms with E-state index < -0.39 is 21.6 Å². The molecule has 0 aliphatic heterocycles. The van der Waals surface area contributed by atoms with Crippen molar-refractivity contribution < 1.29 is 18.0 Å². The minimum absolute atomic E-state index is 0.0787. The molecule has 0 radical (unpaired) electrons. The number of nitrogens with one attached hydrogen (secondary N) is 1. The van der Waals surface area contributed by atoms with E-state index >= 15 is 0 Å². The Balaban J connectivity index is 2.22. The molecular weight excluding hydrogens is 566 g/mol. The second kappa shape index (κ2) is 12.4. The Hall–Kier alpha value is -2.10. The number of nitrogens with zero attached hydrogens (tertiary/aromatic N) is 2. The molecule has 2 aromatic rings. The smallest absolute Gasteiger partial charge is 0.242 e. The van der Waals surface area contributed by atoms with Crippen molar-refractivity contribution in [1.82, 2.24) is 10.2 Å². The number of amides is 2. The number of halogens is 2. The molecule has 7 nitrogen and oxygen atoms in total. The van der Waals surface area contributed by atoms with Crippen LogP contribution in [0.3, 0.4) is 0 Å². The molecule has 0 fully saturated rings. The van der Waals surface area contributed by atoms with Gasteiger partial charge in [-0.3, -0.25) is 13.9 Å². The molecule has 0 spiro atoms. The zero-order valence-electron chi connectivity index (χ0n) is 21.6. The van der Waals surface area contributed by atoms with Crippen molar-refractivity contribution in [1.29, 1.82) is 0 Å². The molecule has 0 saturated heterocycles. The second-order valence-electron chi connectivity index (χ2n) is 9.89. The molecule has 2 aromatic carbocycles. The average molecular weight is 601 g/mol. The standard InChI is InChI=1S/C26H35BrClN3O4S/c1-18-22(28)9-7-10-23(18)31(36(6,34)35)16-8-11-24(32)30(17-20-12-14-21(27)15-13-20)19(2)25(33)29-26(3,4)5/h7,9-10,12-15,19H,8,11,16-17H2,1-6H3,(H,29,33). The first kappa shape index (κ1) is 30.1. The topological polar surface area (TPSA) is 86.8 Å². The summed E-state index contributed by atoms with van der Waals surface area (Å²) in [4.78, 5) is 27.8. The molecule has 0 aliphatic carbocycles. The Morgan fingerprint density at radius 3 is 2.28 bits per heavy atom. The van der Waals surface area contributed by atoms with Gasteiger partial charge in [-0.05, 0) is 76.4 Å². The molecule has 1 N–H and O–H groups in total. The third-order valence-electron chi connectivity index (χ3n) is 5.59. The predicted molar refractivity (Wildman–Crippen MR) is 150 cm³/mol. The van der Waals surface area contributed by atoms with Crippen LogP contribution in [0.1, 0.15) is 51.7 Å². The van der Waals surface area contributed by atoms with Crippen molar-refractivity contribution in [2.24, 2.45) is 0 Å². The maximum absolute atomic E-state index is 13.4. The van der Waals surface area contributed by atoms with E-state index in [1.807, 2.05) is 45.0 Å². The summed E-state index contributed by atoms with van der Waals surface area (Å²) < 4.78 is 27.3. The number of rotatable bonds is 10. The van der Waals surface area contributed by atoms with Crippen LogP contribution in [0, 0.1) is 6.92 Å². The highest BCUT2D eigenvalue weighted by molar-refractivity contribution is 9.10. The second-order valence-corrected chi connectivity index (χ2v) is 13.1. The lowest BCUT2D eigenvalue weighted by Crippen LogP contribution is -2.52. The van der Waals surface area contributed by atoms with Crippen molar-refractivity contribution in [3.8, 4) is 0 Å². The molecule has 0 aromatic heterocycles. The lowest BCUT2D eigenvalue weighted by atomic mass is 10.1. The van der Waals surface area contributed by atoms with Crippen LogP contribution in [-0.4, -0.2) is 49.5 Å². The van der Waals surface area contributed by atoms with Crippen molar-refractivity contribution in [3.63, 3.8) is 0 Å². The molecule has 10 heteroatoms. The highest BCUT2D eigenvalue weighted by Gasteiger charge is 2.29. The van der Waals surface area contributed by atoms with Crippen molar-refractivity contribution >= 4 is 55.1 Å². The molecule has 1 atom stereocenters. The van der Waals surface area contributed by atoms with E-state index in [-0.39, 0.29) is 37.7 Å². The van der Waals surface area contributed by atoms with Gasteiger partial charge in [0.1, 0.15) is 6.04 Å². The zero-order chi connectivity index (χ0) is 27.3. The summed E-state index contributed by atoms with van der Waals surface area (Å²) in [6.07, 6.45) is 1.49. The fourth-order valence-electron chi connectivity index (χ4n) is 3.69. The minimum Gasteiger partial charge on any atom is -0.350 e. The van der Waals surface area contributed by atoms with E-state index in [1.165, 1.54) is 4.31 Å². The summed E-state index contributed by atoms with van der Waals surface area (Å²) in [5.74, 6) is -0.481. The van der Waals surface area contributed by atoms with E-state index in [2.05, 4.69) is 21.2 Å². The summed E-state index contributed by atoms with van der Waals surface area (Å²) in [6, 6.07) is 11.9. The lowest BCUT2D eigenvalue weighted by molar-refractivity contribution is -0.141. The first-order valence-corrected chi connectivity index (χ1v) is 14.7. The van der Waals surface area contributed by atoms with Crippen LogP contribution in [0.25, 0.3) is 0 Å². The number of anilines is 1. The maximum Gasteiger partial charge on any atom is 0.242 e. The van der Waals surface area contributed by atoms with Gasteiger partial charge >= 0.3 is 0 Å². The van der Waals surface area contributed by atoms with Gasteiger partial charge in [0.05, 0.1) is 11.9 Å². The SMILES string of the molecule is Cc1c(Cl)cccc1N(CCCC(=O)N(Cc1ccc(Br)cc1)C(C)C(=O)NC(C)(C)C)S(C)(=O)=O. The van der Waals surface area contributed by atoms with Gasteiger partial charge in [-0.2, -0.15) is 0 Å². The van der Waals surface area contributed by atoms with Crippen molar-refractivity contribution in [2.75, 3.05) is 17.1 Å². The average Bonchev–Trinajstić information content (AvgIpc) is 2.76. The third kappa shape index (κ3) is 8.78. The molecule has 36 heavy (non-hydrogen) atoms. The first-order chi connectivity index (χ1) is 16.6. The van der Waals surface area contributed by atoms with E-state index in [0.717, 1.165) is 16.3 Å². The Morgan fingerprint density at radius 1 is 1.11 bits per heavy atom. The summed E-state index contributed by atoms with van der Waals surface area (Å²) in [6.45, 7) is 9.49.